The average molecular weight is 282 g/mol. The van der Waals surface area contributed by atoms with Gasteiger partial charge in [-0.25, -0.2) is 0 Å². The molecule has 1 aromatic heterocycles. The quantitative estimate of drug-likeness (QED) is 0.812. The molecule has 1 atom stereocenters. The first-order valence-electron chi connectivity index (χ1n) is 6.93. The summed E-state index contributed by atoms with van der Waals surface area (Å²) in [5, 5.41) is 12.2. The Morgan fingerprint density at radius 3 is 2.63 bits per heavy atom. The first-order valence-corrected chi connectivity index (χ1v) is 7.81. The molecule has 0 saturated heterocycles. The van der Waals surface area contributed by atoms with Crippen molar-refractivity contribution in [3.05, 3.63) is 5.82 Å². The minimum absolute atomic E-state index is 0.0543. The zero-order valence-electron chi connectivity index (χ0n) is 12.0. The molecule has 106 valence electrons. The van der Waals surface area contributed by atoms with Crippen molar-refractivity contribution in [2.24, 2.45) is 0 Å². The largest absolute Gasteiger partial charge is 0.353 e. The molecule has 0 unspecified atom stereocenters. The predicted molar refractivity (Wildman–Crippen MR) is 76.3 cm³/mol. The molecule has 0 bridgehead atoms. The highest BCUT2D eigenvalue weighted by Gasteiger charge is 2.30. The number of nitrogens with zero attached hydrogens (tertiary/aromatic N) is 3. The fourth-order valence-electron chi connectivity index (χ4n) is 1.94. The maximum absolute atomic E-state index is 11.9. The molecule has 1 saturated carbocycles. The first-order chi connectivity index (χ1) is 9.02. The zero-order valence-corrected chi connectivity index (χ0v) is 12.8. The summed E-state index contributed by atoms with van der Waals surface area (Å²) in [5.74, 6) is 1.72. The van der Waals surface area contributed by atoms with Gasteiger partial charge in [0, 0.05) is 18.5 Å². The number of hydrogen-bond acceptors (Lipinski definition) is 4. The van der Waals surface area contributed by atoms with E-state index in [1.54, 1.807) is 0 Å². The van der Waals surface area contributed by atoms with Crippen LogP contribution in [0.2, 0.25) is 0 Å². The van der Waals surface area contributed by atoms with Crippen molar-refractivity contribution in [3.8, 4) is 0 Å². The number of carbonyl (C=O) groups is 1. The maximum atomic E-state index is 11.9. The molecule has 0 aliphatic heterocycles. The maximum Gasteiger partial charge on any atom is 0.233 e. The summed E-state index contributed by atoms with van der Waals surface area (Å²) in [5.41, 5.74) is 0. The summed E-state index contributed by atoms with van der Waals surface area (Å²) in [4.78, 5) is 11.9. The van der Waals surface area contributed by atoms with Crippen molar-refractivity contribution in [3.63, 3.8) is 0 Å². The Morgan fingerprint density at radius 1 is 1.42 bits per heavy atom. The third-order valence-corrected chi connectivity index (χ3v) is 4.17. The molecule has 6 heteroatoms. The second kappa shape index (κ2) is 5.94. The predicted octanol–water partition coefficient (Wildman–Crippen LogP) is 2.18. The van der Waals surface area contributed by atoms with Crippen LogP contribution in [-0.2, 0) is 11.3 Å². The van der Waals surface area contributed by atoms with E-state index < -0.39 is 0 Å². The van der Waals surface area contributed by atoms with Gasteiger partial charge in [0.1, 0.15) is 5.82 Å². The van der Waals surface area contributed by atoms with E-state index in [9.17, 15) is 4.79 Å². The van der Waals surface area contributed by atoms with Crippen LogP contribution in [0, 0.1) is 0 Å². The van der Waals surface area contributed by atoms with E-state index in [1.807, 2.05) is 20.8 Å². The van der Waals surface area contributed by atoms with E-state index in [1.165, 1.54) is 24.6 Å². The Labute approximate surface area is 118 Å². The number of nitrogens with one attached hydrogen (secondary N) is 1. The highest BCUT2D eigenvalue weighted by atomic mass is 32.2. The molecule has 0 radical (unpaired) electrons. The van der Waals surface area contributed by atoms with Crippen molar-refractivity contribution in [1.29, 1.82) is 0 Å². The first kappa shape index (κ1) is 14.4. The van der Waals surface area contributed by atoms with Gasteiger partial charge in [0.05, 0.1) is 5.25 Å². The average Bonchev–Trinajstić information content (AvgIpc) is 3.10. The summed E-state index contributed by atoms with van der Waals surface area (Å²) in [6.07, 6.45) is 2.43. The van der Waals surface area contributed by atoms with Crippen molar-refractivity contribution in [2.45, 2.75) is 69.4 Å². The van der Waals surface area contributed by atoms with E-state index in [-0.39, 0.29) is 17.2 Å². The van der Waals surface area contributed by atoms with Gasteiger partial charge in [0.25, 0.3) is 0 Å². The molecule has 1 N–H and O–H groups in total. The lowest BCUT2D eigenvalue weighted by molar-refractivity contribution is -0.120. The van der Waals surface area contributed by atoms with Crippen LogP contribution in [0.3, 0.4) is 0 Å². The molecule has 1 heterocycles. The van der Waals surface area contributed by atoms with Crippen molar-refractivity contribution in [2.75, 3.05) is 0 Å². The van der Waals surface area contributed by atoms with E-state index in [0.717, 1.165) is 17.5 Å². The highest BCUT2D eigenvalue weighted by molar-refractivity contribution is 8.00. The van der Waals surface area contributed by atoms with Gasteiger partial charge in [-0.3, -0.25) is 4.79 Å². The SMILES string of the molecule is CCn1c(S[C@H](C)C(=O)NC(C)C)nnc1C1CC1. The minimum Gasteiger partial charge on any atom is -0.353 e. The van der Waals surface area contributed by atoms with Gasteiger partial charge in [-0.05, 0) is 40.5 Å². The lowest BCUT2D eigenvalue weighted by Crippen LogP contribution is -2.36. The fourth-order valence-corrected chi connectivity index (χ4v) is 2.87. The number of amides is 1. The summed E-state index contributed by atoms with van der Waals surface area (Å²) < 4.78 is 2.14. The van der Waals surface area contributed by atoms with Crippen molar-refractivity contribution < 1.29 is 4.79 Å². The molecule has 1 fully saturated rings. The Morgan fingerprint density at radius 2 is 2.11 bits per heavy atom. The number of rotatable bonds is 6. The number of carbonyl (C=O) groups excluding carboxylic acids is 1. The second-order valence-electron chi connectivity index (χ2n) is 5.28. The minimum atomic E-state index is -0.149. The Hall–Kier alpha value is -1.04. The van der Waals surface area contributed by atoms with Crippen molar-refractivity contribution in [1.82, 2.24) is 20.1 Å². The van der Waals surface area contributed by atoms with Crippen LogP contribution in [0.4, 0.5) is 0 Å². The van der Waals surface area contributed by atoms with E-state index in [4.69, 9.17) is 0 Å². The van der Waals surface area contributed by atoms with Crippen LogP contribution in [-0.4, -0.2) is 32.0 Å². The molecule has 1 aromatic rings. The highest BCUT2D eigenvalue weighted by Crippen LogP contribution is 2.40. The molecular formula is C13H22N4OS. The van der Waals surface area contributed by atoms with E-state index in [0.29, 0.717) is 5.92 Å². The third kappa shape index (κ3) is 3.49. The third-order valence-electron chi connectivity index (χ3n) is 3.09. The molecular weight excluding hydrogens is 260 g/mol. The van der Waals surface area contributed by atoms with Crippen LogP contribution >= 0.6 is 11.8 Å². The van der Waals surface area contributed by atoms with Gasteiger partial charge in [-0.15, -0.1) is 10.2 Å². The van der Waals surface area contributed by atoms with Crippen LogP contribution in [0.1, 0.15) is 52.3 Å². The molecule has 0 aromatic carbocycles. The van der Waals surface area contributed by atoms with Gasteiger partial charge < -0.3 is 9.88 Å². The molecule has 2 rings (SSSR count). The zero-order chi connectivity index (χ0) is 14.0. The Balaban J connectivity index is 2.04. The van der Waals surface area contributed by atoms with Crippen LogP contribution in [0.15, 0.2) is 5.16 Å². The fraction of sp³-hybridized carbons (Fsp3) is 0.769. The number of thioether (sulfide) groups is 1. The van der Waals surface area contributed by atoms with E-state index >= 15 is 0 Å². The van der Waals surface area contributed by atoms with Crippen LogP contribution < -0.4 is 5.32 Å². The van der Waals surface area contributed by atoms with Gasteiger partial charge in [-0.1, -0.05) is 11.8 Å². The molecule has 19 heavy (non-hydrogen) atoms. The second-order valence-corrected chi connectivity index (χ2v) is 6.59. The summed E-state index contributed by atoms with van der Waals surface area (Å²) >= 11 is 1.49. The molecule has 1 amide bonds. The van der Waals surface area contributed by atoms with Gasteiger partial charge in [0.15, 0.2) is 5.16 Å². The monoisotopic (exact) mass is 282 g/mol. The topological polar surface area (TPSA) is 59.8 Å². The van der Waals surface area contributed by atoms with Gasteiger partial charge in [-0.2, -0.15) is 0 Å². The lowest BCUT2D eigenvalue weighted by atomic mass is 10.3. The molecule has 1 aliphatic rings. The van der Waals surface area contributed by atoms with Gasteiger partial charge in [0.2, 0.25) is 5.91 Å². The van der Waals surface area contributed by atoms with E-state index in [2.05, 4.69) is 27.0 Å². The lowest BCUT2D eigenvalue weighted by Gasteiger charge is -2.14. The smallest absolute Gasteiger partial charge is 0.233 e. The molecule has 5 nitrogen and oxygen atoms in total. The number of hydrogen-bond donors (Lipinski definition) is 1. The molecule has 1 aliphatic carbocycles. The number of aromatic nitrogens is 3. The normalized spacial score (nSPS) is 16.7. The summed E-state index contributed by atoms with van der Waals surface area (Å²) in [6.45, 7) is 8.80. The molecule has 0 spiro atoms. The summed E-state index contributed by atoms with van der Waals surface area (Å²) in [6, 6.07) is 0.168. The van der Waals surface area contributed by atoms with Crippen LogP contribution in [0.5, 0.6) is 0 Å². The van der Waals surface area contributed by atoms with Gasteiger partial charge >= 0.3 is 0 Å². The van der Waals surface area contributed by atoms with Crippen LogP contribution in [0.25, 0.3) is 0 Å². The Kier molecular flexibility index (Phi) is 4.50. The Bertz CT molecular complexity index is 453. The van der Waals surface area contributed by atoms with Crippen molar-refractivity contribution >= 4 is 17.7 Å². The summed E-state index contributed by atoms with van der Waals surface area (Å²) in [7, 11) is 0. The standard InChI is InChI=1S/C13H22N4OS/c1-5-17-11(10-6-7-10)15-16-13(17)19-9(4)12(18)14-8(2)3/h8-10H,5-7H2,1-4H3,(H,14,18)/t9-/m1/s1.